The molecular weight excluding hydrogens is 263 g/mol. The number of alkyl carbamates (subject to hydrolysis) is 1. The van der Waals surface area contributed by atoms with E-state index >= 15 is 0 Å². The molecule has 0 aliphatic heterocycles. The number of carbonyl (C=O) groups is 2. The molecule has 1 N–H and O–H groups in total. The Hall–Kier alpha value is -1.35. The first-order valence-electron chi connectivity index (χ1n) is 6.10. The molecule has 0 saturated heterocycles. The Bertz CT molecular complexity index is 475. The Labute approximate surface area is 115 Å². The third kappa shape index (κ3) is 4.67. The number of aromatic nitrogens is 1. The van der Waals surface area contributed by atoms with Gasteiger partial charge in [-0.2, -0.15) is 0 Å². The van der Waals surface area contributed by atoms with Crippen LogP contribution >= 0.6 is 8.73 Å². The highest BCUT2D eigenvalue weighted by Gasteiger charge is 2.17. The molecule has 1 aromatic heterocycles. The van der Waals surface area contributed by atoms with E-state index < -0.39 is 11.7 Å². The van der Waals surface area contributed by atoms with E-state index in [4.69, 9.17) is 4.74 Å². The van der Waals surface area contributed by atoms with Crippen LogP contribution in [-0.4, -0.2) is 28.5 Å². The van der Waals surface area contributed by atoms with E-state index in [-0.39, 0.29) is 5.78 Å². The lowest BCUT2D eigenvalue weighted by atomic mass is 10.2. The summed E-state index contributed by atoms with van der Waals surface area (Å²) in [7, 11) is 0.485. The molecule has 1 heterocycles. The molecule has 0 aromatic carbocycles. The minimum Gasteiger partial charge on any atom is -0.444 e. The van der Waals surface area contributed by atoms with Crippen molar-refractivity contribution in [1.29, 1.82) is 0 Å². The molecule has 1 aromatic rings. The average molecular weight is 284 g/mol. The number of ketones is 1. The zero-order chi connectivity index (χ0) is 14.6. The predicted molar refractivity (Wildman–Crippen MR) is 77.1 cm³/mol. The molecule has 0 saturated carbocycles. The summed E-state index contributed by atoms with van der Waals surface area (Å²) in [5.74, 6) is 0.000314. The standard InChI is InChI=1S/C13H21N2O3P/c1-9(16)11-10(6-7-15(11)19-5)8-14-12(17)18-13(2,3)4/h6-7,19H,8H2,1-5H3,(H,14,17). The summed E-state index contributed by atoms with van der Waals surface area (Å²) in [4.78, 5) is 23.2. The van der Waals surface area contributed by atoms with Gasteiger partial charge in [-0.1, -0.05) is 0 Å². The second-order valence-electron chi connectivity index (χ2n) is 5.19. The smallest absolute Gasteiger partial charge is 0.407 e. The largest absolute Gasteiger partial charge is 0.444 e. The van der Waals surface area contributed by atoms with Crippen LogP contribution in [0.15, 0.2) is 12.3 Å². The van der Waals surface area contributed by atoms with Crippen molar-refractivity contribution in [2.45, 2.75) is 39.8 Å². The highest BCUT2D eigenvalue weighted by atomic mass is 31.1. The number of hydrogen-bond acceptors (Lipinski definition) is 3. The average Bonchev–Trinajstić information content (AvgIpc) is 2.66. The third-order valence-electron chi connectivity index (χ3n) is 2.37. The van der Waals surface area contributed by atoms with Crippen LogP contribution in [0.1, 0.15) is 43.7 Å². The van der Waals surface area contributed by atoms with Crippen molar-refractivity contribution in [3.63, 3.8) is 0 Å². The highest BCUT2D eigenvalue weighted by Crippen LogP contribution is 2.20. The van der Waals surface area contributed by atoms with Crippen LogP contribution in [0, 0.1) is 0 Å². The number of amides is 1. The van der Waals surface area contributed by atoms with Crippen LogP contribution in [0.4, 0.5) is 4.79 Å². The maximum absolute atomic E-state index is 11.6. The Morgan fingerprint density at radius 3 is 2.53 bits per heavy atom. The second-order valence-corrected chi connectivity index (χ2v) is 6.12. The summed E-state index contributed by atoms with van der Waals surface area (Å²) in [6.07, 6.45) is 1.38. The first kappa shape index (κ1) is 15.7. The van der Waals surface area contributed by atoms with Gasteiger partial charge in [0.25, 0.3) is 0 Å². The summed E-state index contributed by atoms with van der Waals surface area (Å²) in [5.41, 5.74) is 0.939. The van der Waals surface area contributed by atoms with Gasteiger partial charge in [0, 0.05) is 25.2 Å². The summed E-state index contributed by atoms with van der Waals surface area (Å²) in [5, 5.41) is 2.66. The second kappa shape index (κ2) is 6.20. The Balaban J connectivity index is 2.71. The fourth-order valence-corrected chi connectivity index (χ4v) is 2.43. The van der Waals surface area contributed by atoms with Crippen molar-refractivity contribution in [3.05, 3.63) is 23.5 Å². The number of Topliss-reactive ketones (excluding diaryl/α,β-unsaturated/α-hetero) is 1. The molecule has 6 heteroatoms. The topological polar surface area (TPSA) is 60.3 Å². The summed E-state index contributed by atoms with van der Waals surface area (Å²) in [6.45, 7) is 9.24. The van der Waals surface area contributed by atoms with Crippen molar-refractivity contribution >= 4 is 20.6 Å². The lowest BCUT2D eigenvalue weighted by molar-refractivity contribution is 0.0523. The quantitative estimate of drug-likeness (QED) is 0.683. The molecular formula is C13H21N2O3P. The number of rotatable bonds is 4. The van der Waals surface area contributed by atoms with Crippen molar-refractivity contribution in [2.75, 3.05) is 6.66 Å². The van der Waals surface area contributed by atoms with Gasteiger partial charge in [-0.15, -0.1) is 0 Å². The fourth-order valence-electron chi connectivity index (χ4n) is 1.68. The van der Waals surface area contributed by atoms with Crippen molar-refractivity contribution in [1.82, 2.24) is 9.65 Å². The number of nitrogens with zero attached hydrogens (tertiary/aromatic N) is 1. The number of hydrogen-bond donors (Lipinski definition) is 1. The molecule has 0 bridgehead atoms. The molecule has 0 radical (unpaired) electrons. The molecule has 1 rings (SSSR count). The first-order chi connectivity index (χ1) is 8.74. The molecule has 0 spiro atoms. The van der Waals surface area contributed by atoms with Crippen LogP contribution in [-0.2, 0) is 11.3 Å². The molecule has 0 fully saturated rings. The van der Waals surface area contributed by atoms with E-state index in [0.29, 0.717) is 21.0 Å². The highest BCUT2D eigenvalue weighted by molar-refractivity contribution is 7.35. The monoisotopic (exact) mass is 284 g/mol. The van der Waals surface area contributed by atoms with E-state index in [1.807, 2.05) is 44.0 Å². The maximum Gasteiger partial charge on any atom is 0.407 e. The van der Waals surface area contributed by atoms with Crippen LogP contribution in [0.5, 0.6) is 0 Å². The minimum absolute atomic E-state index is 0.000314. The SMILES string of the molecule is CPn1ccc(CNC(=O)OC(C)(C)C)c1C(C)=O. The molecule has 19 heavy (non-hydrogen) atoms. The zero-order valence-corrected chi connectivity index (χ0v) is 13.0. The normalized spacial score (nSPS) is 11.8. The van der Waals surface area contributed by atoms with Crippen molar-refractivity contribution in [3.8, 4) is 0 Å². The van der Waals surface area contributed by atoms with Gasteiger partial charge in [0.2, 0.25) is 0 Å². The molecule has 1 amide bonds. The summed E-state index contributed by atoms with van der Waals surface area (Å²) in [6, 6.07) is 1.85. The van der Waals surface area contributed by atoms with Gasteiger partial charge < -0.3 is 14.4 Å². The minimum atomic E-state index is -0.524. The van der Waals surface area contributed by atoms with Crippen LogP contribution in [0.2, 0.25) is 0 Å². The van der Waals surface area contributed by atoms with Gasteiger partial charge in [0.1, 0.15) is 5.60 Å². The van der Waals surface area contributed by atoms with E-state index in [0.717, 1.165) is 5.56 Å². The van der Waals surface area contributed by atoms with Gasteiger partial charge in [0.05, 0.1) is 5.69 Å². The van der Waals surface area contributed by atoms with Crippen molar-refractivity contribution < 1.29 is 14.3 Å². The third-order valence-corrected chi connectivity index (χ3v) is 3.22. The first-order valence-corrected chi connectivity index (χ1v) is 7.55. The van der Waals surface area contributed by atoms with Crippen LogP contribution in [0.3, 0.4) is 0 Å². The molecule has 0 aliphatic rings. The van der Waals surface area contributed by atoms with E-state index in [1.165, 1.54) is 6.92 Å². The van der Waals surface area contributed by atoms with Gasteiger partial charge in [-0.25, -0.2) is 4.79 Å². The lowest BCUT2D eigenvalue weighted by Crippen LogP contribution is -2.32. The molecule has 5 nitrogen and oxygen atoms in total. The zero-order valence-electron chi connectivity index (χ0n) is 12.0. The lowest BCUT2D eigenvalue weighted by Gasteiger charge is -2.19. The summed E-state index contributed by atoms with van der Waals surface area (Å²) < 4.78 is 7.05. The summed E-state index contributed by atoms with van der Waals surface area (Å²) >= 11 is 0. The Morgan fingerprint density at radius 2 is 2.05 bits per heavy atom. The van der Waals surface area contributed by atoms with E-state index in [2.05, 4.69) is 5.32 Å². The van der Waals surface area contributed by atoms with Crippen LogP contribution in [0.25, 0.3) is 0 Å². The van der Waals surface area contributed by atoms with Gasteiger partial charge in [-0.3, -0.25) is 4.79 Å². The van der Waals surface area contributed by atoms with E-state index in [1.54, 1.807) is 0 Å². The molecule has 0 aliphatic carbocycles. The van der Waals surface area contributed by atoms with E-state index in [9.17, 15) is 9.59 Å². The van der Waals surface area contributed by atoms with Gasteiger partial charge in [0.15, 0.2) is 5.78 Å². The van der Waals surface area contributed by atoms with Crippen molar-refractivity contribution in [2.24, 2.45) is 0 Å². The molecule has 1 atom stereocenters. The number of ether oxygens (including phenoxy) is 1. The number of nitrogens with one attached hydrogen (secondary N) is 1. The van der Waals surface area contributed by atoms with Crippen LogP contribution < -0.4 is 5.32 Å². The van der Waals surface area contributed by atoms with Gasteiger partial charge >= 0.3 is 6.09 Å². The predicted octanol–water partition coefficient (Wildman–Crippen LogP) is 2.79. The Kier molecular flexibility index (Phi) is 5.12. The molecule has 106 valence electrons. The Morgan fingerprint density at radius 1 is 1.42 bits per heavy atom. The fraction of sp³-hybridized carbons (Fsp3) is 0.538. The van der Waals surface area contributed by atoms with Gasteiger partial charge in [-0.05, 0) is 42.2 Å². The molecule has 1 unspecified atom stereocenters. The number of carbonyl (C=O) groups excluding carboxylic acids is 2. The maximum atomic E-state index is 11.6.